The summed E-state index contributed by atoms with van der Waals surface area (Å²) in [6.45, 7) is 5.49. The van der Waals surface area contributed by atoms with Crippen LogP contribution < -0.4 is 0 Å². The van der Waals surface area contributed by atoms with Gasteiger partial charge in [-0.25, -0.2) is 0 Å². The molecule has 2 bridgehead atoms. The Morgan fingerprint density at radius 3 is 2.52 bits per heavy atom. The molecule has 4 fully saturated rings. The topological polar surface area (TPSA) is 6.48 Å². The van der Waals surface area contributed by atoms with Gasteiger partial charge >= 0.3 is 0 Å². The molecule has 2 heteroatoms. The minimum atomic E-state index is 0.775. The number of rotatable bonds is 1. The van der Waals surface area contributed by atoms with Gasteiger partial charge in [0.15, 0.2) is 0 Å². The number of hydrogen-bond acceptors (Lipinski definition) is 2. The molecule has 4 saturated heterocycles. The predicted molar refractivity (Wildman–Crippen MR) is 94.6 cm³/mol. The zero-order valence-corrected chi connectivity index (χ0v) is 14.2. The van der Waals surface area contributed by atoms with Crippen LogP contribution >= 0.6 is 0 Å². The molecular formula is C21H30N2. The maximum absolute atomic E-state index is 2.91. The molecule has 0 saturated carbocycles. The number of benzene rings is 1. The van der Waals surface area contributed by atoms with Crippen molar-refractivity contribution < 1.29 is 0 Å². The fraction of sp³-hybridized carbons (Fsp3) is 0.714. The second-order valence-electron chi connectivity index (χ2n) is 8.46. The second-order valence-corrected chi connectivity index (χ2v) is 8.46. The van der Waals surface area contributed by atoms with E-state index < -0.39 is 0 Å². The predicted octanol–water partition coefficient (Wildman–Crippen LogP) is 3.74. The lowest BCUT2D eigenvalue weighted by Gasteiger charge is -2.59. The summed E-state index contributed by atoms with van der Waals surface area (Å²) in [6.07, 6.45) is 8.67. The highest BCUT2D eigenvalue weighted by atomic mass is 15.3. The van der Waals surface area contributed by atoms with Crippen molar-refractivity contribution in [3.63, 3.8) is 0 Å². The van der Waals surface area contributed by atoms with Crippen LogP contribution in [0.1, 0.15) is 50.0 Å². The van der Waals surface area contributed by atoms with Gasteiger partial charge in [0.25, 0.3) is 0 Å². The van der Waals surface area contributed by atoms with Gasteiger partial charge in [-0.3, -0.25) is 9.80 Å². The van der Waals surface area contributed by atoms with E-state index in [-0.39, 0.29) is 0 Å². The van der Waals surface area contributed by atoms with Crippen molar-refractivity contribution in [2.45, 2.75) is 56.5 Å². The molecule has 4 aliphatic rings. The van der Waals surface area contributed by atoms with Crippen molar-refractivity contribution in [2.24, 2.45) is 11.8 Å². The highest BCUT2D eigenvalue weighted by Gasteiger charge is 2.49. The molecule has 0 radical (unpaired) electrons. The van der Waals surface area contributed by atoms with Crippen LogP contribution in [0, 0.1) is 11.8 Å². The summed E-state index contributed by atoms with van der Waals surface area (Å²) in [5.74, 6) is 2.64. The van der Waals surface area contributed by atoms with Gasteiger partial charge in [-0.1, -0.05) is 36.8 Å². The summed E-state index contributed by atoms with van der Waals surface area (Å²) in [6, 6.07) is 13.1. The summed E-state index contributed by atoms with van der Waals surface area (Å²) in [5.41, 5.74) is 1.60. The van der Waals surface area contributed by atoms with Crippen LogP contribution in [0.2, 0.25) is 0 Å². The number of hydrogen-bond donors (Lipinski definition) is 0. The van der Waals surface area contributed by atoms with E-state index in [4.69, 9.17) is 0 Å². The van der Waals surface area contributed by atoms with E-state index in [0.717, 1.165) is 29.8 Å². The first kappa shape index (κ1) is 14.5. The van der Waals surface area contributed by atoms with Crippen LogP contribution in [0.3, 0.4) is 0 Å². The van der Waals surface area contributed by atoms with Crippen molar-refractivity contribution in [3.8, 4) is 0 Å². The minimum absolute atomic E-state index is 0.775. The lowest BCUT2D eigenvalue weighted by molar-refractivity contribution is -0.0785. The summed E-state index contributed by atoms with van der Waals surface area (Å²) in [7, 11) is 0. The van der Waals surface area contributed by atoms with Crippen molar-refractivity contribution >= 4 is 0 Å². The highest BCUT2D eigenvalue weighted by molar-refractivity contribution is 5.23. The van der Waals surface area contributed by atoms with Crippen LogP contribution in [0.4, 0.5) is 0 Å². The number of nitrogens with zero attached hydrogens (tertiary/aromatic N) is 2. The average Bonchev–Trinajstić information content (AvgIpc) is 2.62. The molecule has 1 aromatic carbocycles. The molecule has 5 atom stereocenters. The number of fused-ring (bicyclic) bond motifs is 6. The number of piperidine rings is 4. The van der Waals surface area contributed by atoms with E-state index in [1.807, 2.05) is 0 Å². The molecule has 5 rings (SSSR count). The Hall–Kier alpha value is -0.860. The Bertz CT molecular complexity index is 542. The van der Waals surface area contributed by atoms with Crippen LogP contribution in [0.5, 0.6) is 0 Å². The van der Waals surface area contributed by atoms with Gasteiger partial charge in [-0.2, -0.15) is 0 Å². The van der Waals surface area contributed by atoms with E-state index in [1.165, 1.54) is 64.7 Å². The Morgan fingerprint density at radius 1 is 0.783 bits per heavy atom. The fourth-order valence-electron chi connectivity index (χ4n) is 6.44. The first-order valence-corrected chi connectivity index (χ1v) is 9.93. The fourth-order valence-corrected chi connectivity index (χ4v) is 6.44. The highest BCUT2D eigenvalue weighted by Crippen LogP contribution is 2.47. The van der Waals surface area contributed by atoms with Crippen LogP contribution in [-0.4, -0.2) is 48.1 Å². The Kier molecular flexibility index (Phi) is 3.71. The van der Waals surface area contributed by atoms with Gasteiger partial charge < -0.3 is 0 Å². The standard InChI is InChI=1S/C21H30N2/c1-2-7-16(8-3-1)19-9-6-12-23-14-17-13-18(21(19)23)15-22-11-5-4-10-20(17)22/h1-3,7-8,17-21H,4-6,9-15H2/t17-,18-,19?,20+,21+/m0/s1. The molecular weight excluding hydrogens is 280 g/mol. The SMILES string of the molecule is c1ccc(C2CCCN3C[C@@H]4C[C@@H](CN5CCCC[C@H]45)[C@H]23)cc1. The molecule has 0 N–H and O–H groups in total. The van der Waals surface area contributed by atoms with Crippen molar-refractivity contribution in [3.05, 3.63) is 35.9 Å². The van der Waals surface area contributed by atoms with Crippen molar-refractivity contribution in [1.29, 1.82) is 0 Å². The summed E-state index contributed by atoms with van der Waals surface area (Å²) < 4.78 is 0. The third kappa shape index (κ3) is 2.46. The van der Waals surface area contributed by atoms with Gasteiger partial charge in [-0.15, -0.1) is 0 Å². The maximum Gasteiger partial charge on any atom is 0.0205 e. The van der Waals surface area contributed by atoms with Crippen molar-refractivity contribution in [2.75, 3.05) is 26.2 Å². The molecule has 0 aromatic heterocycles. The van der Waals surface area contributed by atoms with E-state index in [0.29, 0.717) is 0 Å². The summed E-state index contributed by atoms with van der Waals surface area (Å²) in [4.78, 5) is 5.79. The Morgan fingerprint density at radius 2 is 1.61 bits per heavy atom. The molecule has 0 spiro atoms. The second kappa shape index (κ2) is 5.89. The molecule has 4 heterocycles. The molecule has 1 unspecified atom stereocenters. The van der Waals surface area contributed by atoms with E-state index in [9.17, 15) is 0 Å². The molecule has 4 aliphatic heterocycles. The monoisotopic (exact) mass is 310 g/mol. The zero-order chi connectivity index (χ0) is 15.2. The molecule has 0 aliphatic carbocycles. The maximum atomic E-state index is 2.91. The minimum Gasteiger partial charge on any atom is -0.300 e. The zero-order valence-electron chi connectivity index (χ0n) is 14.2. The Labute approximate surface area is 140 Å². The molecule has 2 nitrogen and oxygen atoms in total. The van der Waals surface area contributed by atoms with Gasteiger partial charge in [-0.05, 0) is 68.5 Å². The van der Waals surface area contributed by atoms with Crippen LogP contribution in [-0.2, 0) is 0 Å². The van der Waals surface area contributed by atoms with Gasteiger partial charge in [0.05, 0.1) is 0 Å². The molecule has 1 aromatic rings. The lowest BCUT2D eigenvalue weighted by Crippen LogP contribution is -2.64. The van der Waals surface area contributed by atoms with Gasteiger partial charge in [0.2, 0.25) is 0 Å². The molecule has 124 valence electrons. The van der Waals surface area contributed by atoms with E-state index in [2.05, 4.69) is 40.1 Å². The largest absolute Gasteiger partial charge is 0.300 e. The van der Waals surface area contributed by atoms with E-state index in [1.54, 1.807) is 5.56 Å². The van der Waals surface area contributed by atoms with Gasteiger partial charge in [0, 0.05) is 25.2 Å². The molecule has 0 amide bonds. The summed E-state index contributed by atoms with van der Waals surface area (Å²) >= 11 is 0. The van der Waals surface area contributed by atoms with Gasteiger partial charge in [0.1, 0.15) is 0 Å². The first-order valence-electron chi connectivity index (χ1n) is 9.93. The van der Waals surface area contributed by atoms with Crippen molar-refractivity contribution in [1.82, 2.24) is 9.80 Å². The quantitative estimate of drug-likeness (QED) is 0.779. The Balaban J connectivity index is 1.44. The normalized spacial score (nSPS) is 41.1. The van der Waals surface area contributed by atoms with Crippen LogP contribution in [0.25, 0.3) is 0 Å². The van der Waals surface area contributed by atoms with Crippen LogP contribution in [0.15, 0.2) is 30.3 Å². The molecule has 23 heavy (non-hydrogen) atoms. The summed E-state index contributed by atoms with van der Waals surface area (Å²) in [5, 5.41) is 0. The lowest BCUT2D eigenvalue weighted by atomic mass is 9.67. The smallest absolute Gasteiger partial charge is 0.0205 e. The third-order valence-electron chi connectivity index (χ3n) is 7.26. The van der Waals surface area contributed by atoms with E-state index >= 15 is 0 Å². The first-order chi connectivity index (χ1) is 11.4. The average molecular weight is 310 g/mol. The third-order valence-corrected chi connectivity index (χ3v) is 7.26.